The molecule has 0 saturated carbocycles. The maximum absolute atomic E-state index is 13.0. The van der Waals surface area contributed by atoms with Crippen LogP contribution in [0.4, 0.5) is 0 Å². The van der Waals surface area contributed by atoms with Crippen LogP contribution in [0.5, 0.6) is 11.5 Å². The van der Waals surface area contributed by atoms with Crippen LogP contribution < -0.4 is 15.0 Å². The lowest BCUT2D eigenvalue weighted by molar-refractivity contribution is 0.206. The van der Waals surface area contributed by atoms with E-state index in [-0.39, 0.29) is 11.7 Å². The van der Waals surface area contributed by atoms with Crippen LogP contribution in [0.15, 0.2) is 57.4 Å². The highest BCUT2D eigenvalue weighted by atomic mass is 79.9. The van der Waals surface area contributed by atoms with Gasteiger partial charge in [0.25, 0.3) is 5.56 Å². The Labute approximate surface area is 190 Å². The van der Waals surface area contributed by atoms with Crippen molar-refractivity contribution in [2.45, 2.75) is 39.7 Å². The first-order chi connectivity index (χ1) is 14.9. The Morgan fingerprint density at radius 3 is 2.77 bits per heavy atom. The number of allylic oxidation sites excluding steroid dienone is 1. The lowest BCUT2D eigenvalue weighted by Gasteiger charge is -2.19. The van der Waals surface area contributed by atoms with Crippen LogP contribution in [0.3, 0.4) is 0 Å². The summed E-state index contributed by atoms with van der Waals surface area (Å²) in [6.07, 6.45) is 5.00. The fourth-order valence-corrected chi connectivity index (χ4v) is 3.52. The summed E-state index contributed by atoms with van der Waals surface area (Å²) in [5.41, 5.74) is 2.14. The zero-order chi connectivity index (χ0) is 22.5. The first kappa shape index (κ1) is 22.7. The predicted octanol–water partition coefficient (Wildman–Crippen LogP) is 5.26. The quantitative estimate of drug-likeness (QED) is 0.323. The van der Waals surface area contributed by atoms with Gasteiger partial charge in [0.15, 0.2) is 11.5 Å². The molecule has 0 fully saturated rings. The van der Waals surface area contributed by atoms with E-state index in [9.17, 15) is 4.79 Å². The fraction of sp³-hybridized carbons (Fsp3) is 0.292. The van der Waals surface area contributed by atoms with Crippen LogP contribution in [0.2, 0.25) is 0 Å². The van der Waals surface area contributed by atoms with E-state index in [2.05, 4.69) is 39.5 Å². The molecule has 31 heavy (non-hydrogen) atoms. The van der Waals surface area contributed by atoms with Crippen LogP contribution in [-0.2, 0) is 6.42 Å². The summed E-state index contributed by atoms with van der Waals surface area (Å²) < 4.78 is 13.8. The van der Waals surface area contributed by atoms with E-state index in [4.69, 9.17) is 9.47 Å². The van der Waals surface area contributed by atoms with Crippen molar-refractivity contribution in [2.24, 2.45) is 5.10 Å². The van der Waals surface area contributed by atoms with Gasteiger partial charge in [0.05, 0.1) is 30.3 Å². The van der Waals surface area contributed by atoms with Gasteiger partial charge >= 0.3 is 0 Å². The van der Waals surface area contributed by atoms with Gasteiger partial charge in [-0.05, 0) is 62.6 Å². The highest BCUT2D eigenvalue weighted by Gasteiger charge is 2.15. The topological polar surface area (TPSA) is 65.7 Å². The third-order valence-corrected chi connectivity index (χ3v) is 5.42. The molecular formula is C24H26BrN3O3. The zero-order valence-electron chi connectivity index (χ0n) is 18.2. The van der Waals surface area contributed by atoms with Crippen molar-refractivity contribution in [2.75, 3.05) is 7.11 Å². The van der Waals surface area contributed by atoms with Gasteiger partial charge in [-0.2, -0.15) is 9.78 Å². The molecule has 6 nitrogen and oxygen atoms in total. The van der Waals surface area contributed by atoms with Gasteiger partial charge < -0.3 is 9.47 Å². The van der Waals surface area contributed by atoms with Gasteiger partial charge in [0.1, 0.15) is 5.82 Å². The lowest BCUT2D eigenvalue weighted by atomic mass is 10.1. The minimum atomic E-state index is -0.227. The number of rotatable bonds is 8. The van der Waals surface area contributed by atoms with Crippen LogP contribution in [0, 0.1) is 6.92 Å². The molecule has 0 bridgehead atoms. The molecule has 7 heteroatoms. The van der Waals surface area contributed by atoms with Crippen LogP contribution >= 0.6 is 15.9 Å². The summed E-state index contributed by atoms with van der Waals surface area (Å²) in [5.74, 6) is 1.83. The molecule has 0 aliphatic rings. The molecule has 0 radical (unpaired) electrons. The van der Waals surface area contributed by atoms with E-state index < -0.39 is 0 Å². The summed E-state index contributed by atoms with van der Waals surface area (Å²) in [4.78, 5) is 17.5. The van der Waals surface area contributed by atoms with Crippen LogP contribution in [0.1, 0.15) is 37.2 Å². The van der Waals surface area contributed by atoms with Crippen molar-refractivity contribution < 1.29 is 9.47 Å². The second-order valence-electron chi connectivity index (χ2n) is 7.22. The van der Waals surface area contributed by atoms with Crippen molar-refractivity contribution in [1.29, 1.82) is 0 Å². The standard InChI is InChI=1S/C24H26BrN3O3/c1-6-8-18-11-17(12-22(30-5)23(18)31-15(3)7-2)14-26-28-16(4)27-21-10-9-19(25)13-20(21)24(28)29/h6,9-15H,1,7-8H2,2-5H3/t15-/m0/s1. The Morgan fingerprint density at radius 1 is 1.32 bits per heavy atom. The van der Waals surface area contributed by atoms with Gasteiger partial charge in [0, 0.05) is 10.0 Å². The molecular weight excluding hydrogens is 458 g/mol. The number of aryl methyl sites for hydroxylation is 1. The SMILES string of the molecule is C=CCc1cc(C=Nn2c(C)nc3ccc(Br)cc3c2=O)cc(OC)c1O[C@@H](C)CC. The summed E-state index contributed by atoms with van der Waals surface area (Å²) in [7, 11) is 1.61. The maximum atomic E-state index is 13.0. The molecule has 1 heterocycles. The molecule has 0 saturated heterocycles. The molecule has 0 amide bonds. The molecule has 0 aliphatic carbocycles. The number of aromatic nitrogens is 2. The maximum Gasteiger partial charge on any atom is 0.282 e. The first-order valence-corrected chi connectivity index (χ1v) is 10.9. The van der Waals surface area contributed by atoms with Crippen molar-refractivity contribution in [3.05, 3.63) is 74.8 Å². The Morgan fingerprint density at radius 2 is 2.10 bits per heavy atom. The number of hydrogen-bond acceptors (Lipinski definition) is 5. The zero-order valence-corrected chi connectivity index (χ0v) is 19.8. The van der Waals surface area contributed by atoms with Gasteiger partial charge in [-0.15, -0.1) is 6.58 Å². The van der Waals surface area contributed by atoms with Crippen LogP contribution in [0.25, 0.3) is 10.9 Å². The minimum absolute atomic E-state index is 0.0567. The van der Waals surface area contributed by atoms with Crippen molar-refractivity contribution in [3.63, 3.8) is 0 Å². The average molecular weight is 484 g/mol. The smallest absolute Gasteiger partial charge is 0.282 e. The molecule has 0 aliphatic heterocycles. The average Bonchev–Trinajstić information content (AvgIpc) is 2.75. The van der Waals surface area contributed by atoms with Crippen molar-refractivity contribution >= 4 is 33.0 Å². The Hall–Kier alpha value is -2.93. The molecule has 0 spiro atoms. The fourth-order valence-electron chi connectivity index (χ4n) is 3.16. The minimum Gasteiger partial charge on any atom is -0.493 e. The van der Waals surface area contributed by atoms with Gasteiger partial charge in [0.2, 0.25) is 0 Å². The molecule has 0 N–H and O–H groups in total. The summed E-state index contributed by atoms with van der Waals surface area (Å²) in [5, 5.41) is 4.92. The van der Waals surface area contributed by atoms with Crippen molar-refractivity contribution in [1.82, 2.24) is 9.66 Å². The highest BCUT2D eigenvalue weighted by Crippen LogP contribution is 2.34. The normalized spacial score (nSPS) is 12.3. The van der Waals surface area contributed by atoms with E-state index >= 15 is 0 Å². The van der Waals surface area contributed by atoms with E-state index in [1.54, 1.807) is 26.3 Å². The van der Waals surface area contributed by atoms with Gasteiger partial charge in [-0.1, -0.05) is 28.9 Å². The second-order valence-corrected chi connectivity index (χ2v) is 8.14. The number of halogens is 1. The molecule has 3 aromatic rings. The molecule has 1 aromatic heterocycles. The summed E-state index contributed by atoms with van der Waals surface area (Å²) in [6.45, 7) is 9.70. The van der Waals surface area contributed by atoms with Gasteiger partial charge in [-0.25, -0.2) is 4.98 Å². The Bertz CT molecular complexity index is 1200. The molecule has 162 valence electrons. The second kappa shape index (κ2) is 9.92. The molecule has 1 atom stereocenters. The number of benzene rings is 2. The number of nitrogens with zero attached hydrogens (tertiary/aromatic N) is 3. The third-order valence-electron chi connectivity index (χ3n) is 4.92. The number of fused-ring (bicyclic) bond motifs is 1. The first-order valence-electron chi connectivity index (χ1n) is 10.1. The number of ether oxygens (including phenoxy) is 2. The van der Waals surface area contributed by atoms with E-state index in [1.807, 2.05) is 37.3 Å². The summed E-state index contributed by atoms with van der Waals surface area (Å²) in [6, 6.07) is 9.24. The van der Waals surface area contributed by atoms with Crippen LogP contribution in [-0.4, -0.2) is 29.1 Å². The van der Waals surface area contributed by atoms with Crippen molar-refractivity contribution in [3.8, 4) is 11.5 Å². The largest absolute Gasteiger partial charge is 0.493 e. The number of methoxy groups -OCH3 is 1. The lowest BCUT2D eigenvalue weighted by Crippen LogP contribution is -2.20. The van der Waals surface area contributed by atoms with E-state index in [0.717, 1.165) is 22.0 Å². The number of hydrogen-bond donors (Lipinski definition) is 0. The monoisotopic (exact) mass is 483 g/mol. The predicted molar refractivity (Wildman–Crippen MR) is 129 cm³/mol. The third kappa shape index (κ3) is 5.05. The van der Waals surface area contributed by atoms with E-state index in [0.29, 0.717) is 34.6 Å². The molecule has 0 unspecified atom stereocenters. The summed E-state index contributed by atoms with van der Waals surface area (Å²) >= 11 is 3.40. The molecule has 2 aromatic carbocycles. The van der Waals surface area contributed by atoms with E-state index in [1.165, 1.54) is 4.68 Å². The Balaban J connectivity index is 2.07. The Kier molecular flexibility index (Phi) is 7.28. The highest BCUT2D eigenvalue weighted by molar-refractivity contribution is 9.10. The molecule has 3 rings (SSSR count). The van der Waals surface area contributed by atoms with Gasteiger partial charge in [-0.3, -0.25) is 4.79 Å².